The molecule has 0 bridgehead atoms. The second-order valence-corrected chi connectivity index (χ2v) is 6.14. The van der Waals surface area contributed by atoms with E-state index in [0.717, 1.165) is 0 Å². The highest BCUT2D eigenvalue weighted by Crippen LogP contribution is 2.25. The van der Waals surface area contributed by atoms with Crippen molar-refractivity contribution in [3.05, 3.63) is 57.3 Å². The van der Waals surface area contributed by atoms with Crippen LogP contribution in [0, 0.1) is 17.1 Å². The highest BCUT2D eigenvalue weighted by molar-refractivity contribution is 9.10. The van der Waals surface area contributed by atoms with Crippen LogP contribution in [0.1, 0.15) is 5.56 Å². The largest absolute Gasteiger partial charge is 0.481 e. The smallest absolute Gasteiger partial charge is 0.344 e. The maximum absolute atomic E-state index is 13.0. The molecule has 2 rings (SSSR count). The minimum absolute atomic E-state index is 0.195. The molecule has 1 N–H and O–H groups in total. The number of carbonyl (C=O) groups is 2. The molecule has 0 saturated heterocycles. The van der Waals surface area contributed by atoms with Crippen molar-refractivity contribution in [3.8, 4) is 11.8 Å². The summed E-state index contributed by atoms with van der Waals surface area (Å²) >= 11 is 8.96. The number of hydrogen-bond acceptors (Lipinski definition) is 5. The maximum atomic E-state index is 13.0. The zero-order valence-electron chi connectivity index (χ0n) is 13.1. The molecule has 0 aromatic heterocycles. The molecule has 0 aliphatic carbocycles. The summed E-state index contributed by atoms with van der Waals surface area (Å²) in [6, 6.07) is 9.99. The summed E-state index contributed by atoms with van der Waals surface area (Å²) in [7, 11) is 0. The Kier molecular flexibility index (Phi) is 6.95. The molecule has 0 saturated carbocycles. The van der Waals surface area contributed by atoms with E-state index in [1.54, 1.807) is 0 Å². The van der Waals surface area contributed by atoms with Crippen molar-refractivity contribution < 1.29 is 23.5 Å². The van der Waals surface area contributed by atoms with Crippen LogP contribution in [0.2, 0.25) is 5.02 Å². The second kappa shape index (κ2) is 9.17. The van der Waals surface area contributed by atoms with E-state index >= 15 is 0 Å². The van der Waals surface area contributed by atoms with E-state index in [-0.39, 0.29) is 16.3 Å². The lowest BCUT2D eigenvalue weighted by molar-refractivity contribution is -0.149. The predicted octanol–water partition coefficient (Wildman–Crippen LogP) is 3.67. The van der Waals surface area contributed by atoms with Gasteiger partial charge in [-0.3, -0.25) is 4.79 Å². The summed E-state index contributed by atoms with van der Waals surface area (Å²) in [5.41, 5.74) is 0.640. The van der Waals surface area contributed by atoms with E-state index in [9.17, 15) is 14.0 Å². The van der Waals surface area contributed by atoms with Gasteiger partial charge in [-0.15, -0.1) is 0 Å². The van der Waals surface area contributed by atoms with E-state index < -0.39 is 30.9 Å². The Labute approximate surface area is 161 Å². The van der Waals surface area contributed by atoms with Gasteiger partial charge in [0.05, 0.1) is 15.1 Å². The fourth-order valence-corrected chi connectivity index (χ4v) is 2.49. The number of anilines is 1. The Morgan fingerprint density at radius 1 is 1.23 bits per heavy atom. The molecule has 0 radical (unpaired) electrons. The van der Waals surface area contributed by atoms with Gasteiger partial charge in [-0.1, -0.05) is 11.6 Å². The number of nitrogens with zero attached hydrogens (tertiary/aromatic N) is 1. The minimum Gasteiger partial charge on any atom is -0.481 e. The first-order valence-corrected chi connectivity index (χ1v) is 8.29. The number of ether oxygens (including phenoxy) is 2. The van der Waals surface area contributed by atoms with Crippen LogP contribution in [-0.4, -0.2) is 25.1 Å². The van der Waals surface area contributed by atoms with Gasteiger partial charge in [0, 0.05) is 5.69 Å². The zero-order chi connectivity index (χ0) is 19.1. The molecule has 0 aliphatic rings. The summed E-state index contributed by atoms with van der Waals surface area (Å²) in [6.45, 7) is -0.968. The fraction of sp³-hybridized carbons (Fsp3) is 0.118. The van der Waals surface area contributed by atoms with Crippen LogP contribution in [0.25, 0.3) is 0 Å². The summed E-state index contributed by atoms with van der Waals surface area (Å²) < 4.78 is 23.3. The predicted molar refractivity (Wildman–Crippen MR) is 95.4 cm³/mol. The van der Waals surface area contributed by atoms with E-state index in [1.807, 2.05) is 6.07 Å². The molecule has 0 fully saturated rings. The summed E-state index contributed by atoms with van der Waals surface area (Å²) in [4.78, 5) is 23.4. The second-order valence-electron chi connectivity index (χ2n) is 4.88. The van der Waals surface area contributed by atoms with Crippen molar-refractivity contribution in [2.45, 2.75) is 0 Å². The molecule has 0 spiro atoms. The van der Waals surface area contributed by atoms with Gasteiger partial charge >= 0.3 is 5.97 Å². The quantitative estimate of drug-likeness (QED) is 0.691. The molecule has 6 nitrogen and oxygen atoms in total. The number of amides is 1. The topological polar surface area (TPSA) is 88.4 Å². The Morgan fingerprint density at radius 3 is 2.65 bits per heavy atom. The van der Waals surface area contributed by atoms with Crippen LogP contribution in [0.15, 0.2) is 40.9 Å². The number of esters is 1. The Hall–Kier alpha value is -2.63. The van der Waals surface area contributed by atoms with Gasteiger partial charge in [-0.05, 0) is 52.3 Å². The van der Waals surface area contributed by atoms with E-state index in [2.05, 4.69) is 21.2 Å². The first-order chi connectivity index (χ1) is 12.4. The van der Waals surface area contributed by atoms with Crippen molar-refractivity contribution in [2.75, 3.05) is 18.5 Å². The highest BCUT2D eigenvalue weighted by atomic mass is 79.9. The third-order valence-corrected chi connectivity index (χ3v) is 3.91. The molecule has 2 aromatic carbocycles. The first-order valence-electron chi connectivity index (χ1n) is 7.12. The van der Waals surface area contributed by atoms with Crippen molar-refractivity contribution in [1.82, 2.24) is 0 Å². The Balaban J connectivity index is 1.79. The zero-order valence-corrected chi connectivity index (χ0v) is 15.4. The standard InChI is InChI=1S/C17H11BrClFN2O4/c18-13-5-11(20)2-4-15(13)25-9-17(24)26-8-16(23)22-12-3-1-10(7-21)14(19)6-12/h1-6H,8-9H2,(H,22,23). The molecule has 0 heterocycles. The van der Waals surface area contributed by atoms with Gasteiger partial charge in [-0.25, -0.2) is 9.18 Å². The third kappa shape index (κ3) is 5.72. The van der Waals surface area contributed by atoms with Crippen LogP contribution in [0.4, 0.5) is 10.1 Å². The summed E-state index contributed by atoms with van der Waals surface area (Å²) in [5.74, 6) is -1.54. The molecular formula is C17H11BrClFN2O4. The lowest BCUT2D eigenvalue weighted by atomic mass is 10.2. The molecule has 2 aromatic rings. The van der Waals surface area contributed by atoms with Crippen molar-refractivity contribution in [2.24, 2.45) is 0 Å². The van der Waals surface area contributed by atoms with Gasteiger partial charge in [0.1, 0.15) is 17.6 Å². The van der Waals surface area contributed by atoms with Crippen molar-refractivity contribution >= 4 is 45.1 Å². The van der Waals surface area contributed by atoms with E-state index in [0.29, 0.717) is 10.2 Å². The molecule has 0 unspecified atom stereocenters. The van der Waals surface area contributed by atoms with Crippen LogP contribution in [-0.2, 0) is 14.3 Å². The average Bonchev–Trinajstić information content (AvgIpc) is 2.59. The number of halogens is 3. The number of hydrogen-bond donors (Lipinski definition) is 1. The van der Waals surface area contributed by atoms with Gasteiger partial charge in [0.15, 0.2) is 13.2 Å². The number of nitrogens with one attached hydrogen (secondary N) is 1. The molecular weight excluding hydrogens is 431 g/mol. The molecule has 1 amide bonds. The number of carbonyl (C=O) groups excluding carboxylic acids is 2. The van der Waals surface area contributed by atoms with Crippen LogP contribution >= 0.6 is 27.5 Å². The highest BCUT2D eigenvalue weighted by Gasteiger charge is 2.11. The van der Waals surface area contributed by atoms with Crippen LogP contribution < -0.4 is 10.1 Å². The molecule has 134 valence electrons. The van der Waals surface area contributed by atoms with Gasteiger partial charge in [-0.2, -0.15) is 5.26 Å². The summed E-state index contributed by atoms with van der Waals surface area (Å²) in [6.07, 6.45) is 0. The number of rotatable bonds is 6. The first kappa shape index (κ1) is 19.7. The molecule has 0 atom stereocenters. The normalized spacial score (nSPS) is 9.92. The minimum atomic E-state index is -0.769. The lowest BCUT2D eigenvalue weighted by Crippen LogP contribution is -2.23. The van der Waals surface area contributed by atoms with E-state index in [1.165, 1.54) is 36.4 Å². The Bertz CT molecular complexity index is 886. The van der Waals surface area contributed by atoms with Gasteiger partial charge in [0.2, 0.25) is 0 Å². The van der Waals surface area contributed by atoms with Crippen LogP contribution in [0.3, 0.4) is 0 Å². The fourth-order valence-electron chi connectivity index (χ4n) is 1.80. The maximum Gasteiger partial charge on any atom is 0.344 e. The summed E-state index contributed by atoms with van der Waals surface area (Å²) in [5, 5.41) is 11.5. The van der Waals surface area contributed by atoms with Crippen LogP contribution in [0.5, 0.6) is 5.75 Å². The monoisotopic (exact) mass is 440 g/mol. The van der Waals surface area contributed by atoms with Gasteiger partial charge in [0.25, 0.3) is 5.91 Å². The van der Waals surface area contributed by atoms with Crippen molar-refractivity contribution in [1.29, 1.82) is 5.26 Å². The average molecular weight is 442 g/mol. The van der Waals surface area contributed by atoms with Gasteiger partial charge < -0.3 is 14.8 Å². The van der Waals surface area contributed by atoms with E-state index in [4.69, 9.17) is 26.3 Å². The SMILES string of the molecule is N#Cc1ccc(NC(=O)COC(=O)COc2ccc(F)cc2Br)cc1Cl. The number of nitriles is 1. The molecule has 0 aliphatic heterocycles. The lowest BCUT2D eigenvalue weighted by Gasteiger charge is -2.09. The molecule has 9 heteroatoms. The van der Waals surface area contributed by atoms with Crippen molar-refractivity contribution in [3.63, 3.8) is 0 Å². The molecule has 26 heavy (non-hydrogen) atoms. The number of benzene rings is 2. The third-order valence-electron chi connectivity index (χ3n) is 2.98. The Morgan fingerprint density at radius 2 is 2.00 bits per heavy atom.